The molecule has 0 aliphatic heterocycles. The van der Waals surface area contributed by atoms with E-state index in [0.717, 1.165) is 0 Å². The normalized spacial score (nSPS) is 16.7. The molecule has 1 aromatic rings. The Hall–Kier alpha value is -1.07. The highest BCUT2D eigenvalue weighted by Crippen LogP contribution is 2.41. The molecule has 0 atom stereocenters. The van der Waals surface area contributed by atoms with Crippen LogP contribution in [0.5, 0.6) is 0 Å². The molecule has 1 aromatic carbocycles. The lowest BCUT2D eigenvalue weighted by Crippen LogP contribution is -2.34. The van der Waals surface area contributed by atoms with Crippen molar-refractivity contribution in [2.24, 2.45) is 5.92 Å². The average Bonchev–Trinajstić information content (AvgIpc) is 3.12. The molecule has 0 radical (unpaired) electrons. The summed E-state index contributed by atoms with van der Waals surface area (Å²) in [5.74, 6) is 0.627. The highest BCUT2D eigenvalue weighted by molar-refractivity contribution is 7.89. The Labute approximate surface area is 115 Å². The zero-order chi connectivity index (χ0) is 14.3. The van der Waals surface area contributed by atoms with Crippen molar-refractivity contribution in [3.63, 3.8) is 0 Å². The van der Waals surface area contributed by atoms with Crippen LogP contribution in [-0.4, -0.2) is 32.4 Å². The number of nitrogens with zero attached hydrogens (tertiary/aromatic N) is 1. The van der Waals surface area contributed by atoms with Crippen molar-refractivity contribution >= 4 is 15.7 Å². The molecule has 0 amide bonds. The molecule has 1 saturated carbocycles. The minimum absolute atomic E-state index is 0.0715. The van der Waals surface area contributed by atoms with Crippen LogP contribution in [0.15, 0.2) is 29.2 Å². The van der Waals surface area contributed by atoms with Crippen molar-refractivity contribution in [3.8, 4) is 0 Å². The van der Waals surface area contributed by atoms with E-state index in [-0.39, 0.29) is 5.54 Å². The number of para-hydroxylation sites is 1. The largest absolute Gasteiger partial charge is 0.379 e. The molecule has 0 saturated heterocycles. The molecule has 0 unspecified atom stereocenters. The van der Waals surface area contributed by atoms with Crippen molar-refractivity contribution in [3.05, 3.63) is 24.3 Å². The first-order valence-corrected chi connectivity index (χ1v) is 7.99. The number of rotatable bonds is 5. The van der Waals surface area contributed by atoms with Crippen molar-refractivity contribution in [2.45, 2.75) is 37.1 Å². The van der Waals surface area contributed by atoms with E-state index in [1.54, 1.807) is 26.2 Å². The second kappa shape index (κ2) is 4.80. The van der Waals surface area contributed by atoms with Gasteiger partial charge in [-0.3, -0.25) is 0 Å². The second-order valence-electron chi connectivity index (χ2n) is 5.90. The molecule has 1 aliphatic rings. The SMILES string of the molecule is CN(C)S(=O)(=O)c1ccccc1NC(C)(C)C1CC1. The summed E-state index contributed by atoms with van der Waals surface area (Å²) < 4.78 is 25.9. The third-order valence-electron chi connectivity index (χ3n) is 3.70. The molecule has 0 spiro atoms. The Balaban J connectivity index is 2.37. The van der Waals surface area contributed by atoms with E-state index in [9.17, 15) is 8.42 Å². The predicted molar refractivity (Wildman–Crippen MR) is 77.7 cm³/mol. The fraction of sp³-hybridized carbons (Fsp3) is 0.571. The summed E-state index contributed by atoms with van der Waals surface area (Å²) in [6.07, 6.45) is 2.42. The van der Waals surface area contributed by atoms with Crippen LogP contribution < -0.4 is 5.32 Å². The van der Waals surface area contributed by atoms with Crippen LogP contribution in [0.3, 0.4) is 0 Å². The van der Waals surface area contributed by atoms with Gasteiger partial charge in [0.1, 0.15) is 4.90 Å². The maximum absolute atomic E-state index is 12.3. The summed E-state index contributed by atoms with van der Waals surface area (Å²) in [5, 5.41) is 3.40. The van der Waals surface area contributed by atoms with Crippen molar-refractivity contribution in [1.82, 2.24) is 4.31 Å². The van der Waals surface area contributed by atoms with Gasteiger partial charge in [0, 0.05) is 19.6 Å². The van der Waals surface area contributed by atoms with Crippen LogP contribution in [0, 0.1) is 5.92 Å². The van der Waals surface area contributed by atoms with Gasteiger partial charge in [-0.2, -0.15) is 0 Å². The number of anilines is 1. The van der Waals surface area contributed by atoms with Crippen molar-refractivity contribution < 1.29 is 8.42 Å². The first kappa shape index (κ1) is 14.3. The number of sulfonamides is 1. The van der Waals surface area contributed by atoms with Crippen LogP contribution in [0.4, 0.5) is 5.69 Å². The average molecular weight is 282 g/mol. The van der Waals surface area contributed by atoms with Gasteiger partial charge in [-0.15, -0.1) is 0 Å². The molecule has 19 heavy (non-hydrogen) atoms. The number of hydrogen-bond donors (Lipinski definition) is 1. The summed E-state index contributed by atoms with van der Waals surface area (Å²) in [6, 6.07) is 7.10. The lowest BCUT2D eigenvalue weighted by Gasteiger charge is -2.29. The predicted octanol–water partition coefficient (Wildman–Crippen LogP) is 2.54. The molecule has 1 fully saturated rings. The topological polar surface area (TPSA) is 49.4 Å². The zero-order valence-corrected chi connectivity index (χ0v) is 12.8. The summed E-state index contributed by atoms with van der Waals surface area (Å²) in [5.41, 5.74) is 0.617. The fourth-order valence-corrected chi connectivity index (χ4v) is 3.29. The summed E-state index contributed by atoms with van der Waals surface area (Å²) in [4.78, 5) is 0.341. The number of nitrogens with one attached hydrogen (secondary N) is 1. The molecular weight excluding hydrogens is 260 g/mol. The molecule has 2 rings (SSSR count). The quantitative estimate of drug-likeness (QED) is 0.903. The lowest BCUT2D eigenvalue weighted by atomic mass is 9.98. The molecule has 4 nitrogen and oxygen atoms in total. The minimum Gasteiger partial charge on any atom is -0.379 e. The molecule has 1 aliphatic carbocycles. The first-order valence-electron chi connectivity index (χ1n) is 6.55. The van der Waals surface area contributed by atoms with Crippen LogP contribution in [0.25, 0.3) is 0 Å². The Bertz CT molecular complexity index is 561. The van der Waals surface area contributed by atoms with E-state index >= 15 is 0 Å². The Kier molecular flexibility index (Phi) is 3.62. The van der Waals surface area contributed by atoms with Gasteiger partial charge >= 0.3 is 0 Å². The summed E-state index contributed by atoms with van der Waals surface area (Å²) >= 11 is 0. The van der Waals surface area contributed by atoms with Crippen LogP contribution in [-0.2, 0) is 10.0 Å². The van der Waals surface area contributed by atoms with E-state index in [1.165, 1.54) is 17.1 Å². The van der Waals surface area contributed by atoms with Gasteiger partial charge in [0.15, 0.2) is 0 Å². The number of benzene rings is 1. The molecular formula is C14H22N2O2S. The molecule has 5 heteroatoms. The van der Waals surface area contributed by atoms with Crippen LogP contribution in [0.2, 0.25) is 0 Å². The highest BCUT2D eigenvalue weighted by Gasteiger charge is 2.38. The first-order chi connectivity index (χ1) is 8.75. The van der Waals surface area contributed by atoms with Gasteiger partial charge in [0.25, 0.3) is 0 Å². The van der Waals surface area contributed by atoms with Crippen molar-refractivity contribution in [2.75, 3.05) is 19.4 Å². The van der Waals surface area contributed by atoms with Gasteiger partial charge in [0.05, 0.1) is 5.69 Å². The van der Waals surface area contributed by atoms with Gasteiger partial charge < -0.3 is 5.32 Å². The maximum Gasteiger partial charge on any atom is 0.244 e. The third kappa shape index (κ3) is 2.92. The second-order valence-corrected chi connectivity index (χ2v) is 8.02. The van der Waals surface area contributed by atoms with E-state index in [0.29, 0.717) is 16.5 Å². The van der Waals surface area contributed by atoms with E-state index in [1.807, 2.05) is 12.1 Å². The van der Waals surface area contributed by atoms with E-state index in [2.05, 4.69) is 19.2 Å². The van der Waals surface area contributed by atoms with Gasteiger partial charge in [-0.05, 0) is 44.7 Å². The monoisotopic (exact) mass is 282 g/mol. The highest BCUT2D eigenvalue weighted by atomic mass is 32.2. The molecule has 106 valence electrons. The molecule has 0 heterocycles. The molecule has 1 N–H and O–H groups in total. The Morgan fingerprint density at radius 1 is 1.21 bits per heavy atom. The lowest BCUT2D eigenvalue weighted by molar-refractivity contribution is 0.491. The maximum atomic E-state index is 12.3. The van der Waals surface area contributed by atoms with Crippen molar-refractivity contribution in [1.29, 1.82) is 0 Å². The molecule has 0 aromatic heterocycles. The Morgan fingerprint density at radius 3 is 2.32 bits per heavy atom. The van der Waals surface area contributed by atoms with Gasteiger partial charge in [0.2, 0.25) is 10.0 Å². The van der Waals surface area contributed by atoms with Crippen LogP contribution in [0.1, 0.15) is 26.7 Å². The van der Waals surface area contributed by atoms with Gasteiger partial charge in [-0.25, -0.2) is 12.7 Å². The Morgan fingerprint density at radius 2 is 1.79 bits per heavy atom. The number of hydrogen-bond acceptors (Lipinski definition) is 3. The third-order valence-corrected chi connectivity index (χ3v) is 5.57. The minimum atomic E-state index is -3.41. The van der Waals surface area contributed by atoms with E-state index in [4.69, 9.17) is 0 Å². The van der Waals surface area contributed by atoms with Gasteiger partial charge in [-0.1, -0.05) is 12.1 Å². The fourth-order valence-electron chi connectivity index (χ4n) is 2.25. The molecule has 0 bridgehead atoms. The summed E-state index contributed by atoms with van der Waals surface area (Å²) in [6.45, 7) is 4.26. The van der Waals surface area contributed by atoms with Crippen LogP contribution >= 0.6 is 0 Å². The smallest absolute Gasteiger partial charge is 0.244 e. The zero-order valence-electron chi connectivity index (χ0n) is 12.0. The summed E-state index contributed by atoms with van der Waals surface area (Å²) in [7, 11) is -0.307. The van der Waals surface area contributed by atoms with E-state index < -0.39 is 10.0 Å². The standard InChI is InChI=1S/C14H22N2O2S/c1-14(2,11-9-10-11)15-12-7-5-6-8-13(12)19(17,18)16(3)4/h5-8,11,15H,9-10H2,1-4H3.